The maximum atomic E-state index is 12.4. The van der Waals surface area contributed by atoms with E-state index < -0.39 is 5.51 Å². The number of thioether (sulfide) groups is 1. The largest absolute Gasteiger partial charge is 0.489 e. The van der Waals surface area contributed by atoms with Gasteiger partial charge < -0.3 is 10.1 Å². The summed E-state index contributed by atoms with van der Waals surface area (Å²) in [6.07, 6.45) is 1.69. The van der Waals surface area contributed by atoms with Gasteiger partial charge in [0.15, 0.2) is 0 Å². The summed E-state index contributed by atoms with van der Waals surface area (Å²) in [5, 5.41) is 2.59. The van der Waals surface area contributed by atoms with E-state index in [9.17, 15) is 18.0 Å². The Bertz CT molecular complexity index is 1240. The molecule has 1 N–H and O–H groups in total. The first-order valence-corrected chi connectivity index (χ1v) is 10.4. The molecule has 4 aromatic rings. The lowest BCUT2D eigenvalue weighted by Gasteiger charge is -2.10. The van der Waals surface area contributed by atoms with Crippen LogP contribution in [-0.4, -0.2) is 28.0 Å². The number of hydrogen-bond acceptors (Lipinski definition) is 4. The van der Waals surface area contributed by atoms with E-state index in [4.69, 9.17) is 4.74 Å². The molecule has 0 spiro atoms. The number of alkyl halides is 3. The third-order valence-corrected chi connectivity index (χ3v) is 5.45. The van der Waals surface area contributed by atoms with Crippen LogP contribution >= 0.6 is 11.8 Å². The van der Waals surface area contributed by atoms with Gasteiger partial charge in [0, 0.05) is 23.2 Å². The Labute approximate surface area is 186 Å². The van der Waals surface area contributed by atoms with Crippen molar-refractivity contribution >= 4 is 28.7 Å². The molecule has 0 aliphatic heterocycles. The van der Waals surface area contributed by atoms with Crippen LogP contribution in [0.25, 0.3) is 16.7 Å². The predicted molar refractivity (Wildman–Crippen MR) is 117 cm³/mol. The van der Waals surface area contributed by atoms with Crippen molar-refractivity contribution < 1.29 is 22.7 Å². The fourth-order valence-corrected chi connectivity index (χ4v) is 3.70. The number of imidazole rings is 1. The fourth-order valence-electron chi connectivity index (χ4n) is 3.16. The van der Waals surface area contributed by atoms with Crippen molar-refractivity contribution in [1.82, 2.24) is 14.9 Å². The van der Waals surface area contributed by atoms with Gasteiger partial charge in [-0.05, 0) is 71.9 Å². The summed E-state index contributed by atoms with van der Waals surface area (Å²) in [5.74, 6) is 0.463. The third kappa shape index (κ3) is 5.05. The summed E-state index contributed by atoms with van der Waals surface area (Å²) in [4.78, 5) is 16.3. The van der Waals surface area contributed by atoms with Crippen LogP contribution in [0.15, 0.2) is 78.0 Å². The monoisotopic (exact) mass is 457 g/mol. The van der Waals surface area contributed by atoms with Gasteiger partial charge in [0.25, 0.3) is 5.91 Å². The minimum Gasteiger partial charge on any atom is -0.489 e. The Morgan fingerprint density at radius 3 is 2.44 bits per heavy atom. The molecule has 0 radical (unpaired) electrons. The molecule has 1 aromatic heterocycles. The van der Waals surface area contributed by atoms with E-state index in [1.807, 2.05) is 34.9 Å². The Kier molecular flexibility index (Phi) is 6.09. The Hall–Kier alpha value is -3.46. The van der Waals surface area contributed by atoms with Crippen LogP contribution in [0, 0.1) is 0 Å². The van der Waals surface area contributed by atoms with Crippen LogP contribution in [-0.2, 0) is 6.61 Å². The van der Waals surface area contributed by atoms with Crippen molar-refractivity contribution in [2.75, 3.05) is 7.05 Å². The van der Waals surface area contributed by atoms with Gasteiger partial charge in [-0.2, -0.15) is 13.2 Å². The van der Waals surface area contributed by atoms with Crippen LogP contribution in [0.1, 0.15) is 15.9 Å². The quantitative estimate of drug-likeness (QED) is 0.384. The minimum absolute atomic E-state index is 0.139. The second kappa shape index (κ2) is 8.96. The van der Waals surface area contributed by atoms with Gasteiger partial charge in [-0.25, -0.2) is 4.98 Å². The number of aromatic nitrogens is 2. The number of fused-ring (bicyclic) bond motifs is 1. The fraction of sp³-hybridized carbons (Fsp3) is 0.130. The molecule has 0 saturated carbocycles. The van der Waals surface area contributed by atoms with E-state index in [1.54, 1.807) is 37.6 Å². The molecule has 5 nitrogen and oxygen atoms in total. The summed E-state index contributed by atoms with van der Waals surface area (Å²) in [7, 11) is 1.58. The maximum absolute atomic E-state index is 12.4. The number of carbonyl (C=O) groups excluding carboxylic acids is 1. The van der Waals surface area contributed by atoms with Gasteiger partial charge in [0.2, 0.25) is 0 Å². The van der Waals surface area contributed by atoms with Gasteiger partial charge >= 0.3 is 5.51 Å². The lowest BCUT2D eigenvalue weighted by Crippen LogP contribution is -2.17. The van der Waals surface area contributed by atoms with Gasteiger partial charge in [-0.3, -0.25) is 9.36 Å². The average molecular weight is 457 g/mol. The highest BCUT2D eigenvalue weighted by Gasteiger charge is 2.29. The third-order valence-electron chi connectivity index (χ3n) is 4.71. The van der Waals surface area contributed by atoms with Crippen molar-refractivity contribution in [1.29, 1.82) is 0 Å². The molecular weight excluding hydrogens is 439 g/mol. The van der Waals surface area contributed by atoms with Crippen LogP contribution < -0.4 is 10.1 Å². The van der Waals surface area contributed by atoms with E-state index >= 15 is 0 Å². The number of halogens is 3. The highest BCUT2D eigenvalue weighted by atomic mass is 32.2. The van der Waals surface area contributed by atoms with E-state index in [2.05, 4.69) is 10.3 Å². The second-order valence-electron chi connectivity index (χ2n) is 6.87. The molecule has 9 heteroatoms. The highest BCUT2D eigenvalue weighted by molar-refractivity contribution is 8.00. The van der Waals surface area contributed by atoms with E-state index in [0.717, 1.165) is 16.8 Å². The molecule has 0 unspecified atom stereocenters. The molecule has 0 fully saturated rings. The zero-order valence-corrected chi connectivity index (χ0v) is 17.7. The van der Waals surface area contributed by atoms with Gasteiger partial charge in [-0.15, -0.1) is 0 Å². The molecule has 1 amide bonds. The standard InChI is InChI=1S/C23H18F3N3O2S/c1-27-22(30)16-4-11-21-20(12-16)28-14-29(21)17-5-7-18(8-6-17)31-13-15-2-9-19(10-3-15)32-23(24,25)26/h2-12,14H,13H2,1H3,(H,27,30). The average Bonchev–Trinajstić information content (AvgIpc) is 3.20. The summed E-state index contributed by atoms with van der Waals surface area (Å²) in [6.45, 7) is 0.243. The number of amides is 1. The van der Waals surface area contributed by atoms with Crippen molar-refractivity contribution in [3.8, 4) is 11.4 Å². The van der Waals surface area contributed by atoms with Crippen LogP contribution in [0.2, 0.25) is 0 Å². The molecule has 1 heterocycles. The molecule has 3 aromatic carbocycles. The lowest BCUT2D eigenvalue weighted by molar-refractivity contribution is -0.0328. The van der Waals surface area contributed by atoms with Crippen molar-refractivity contribution in [2.24, 2.45) is 0 Å². The molecule has 0 bridgehead atoms. The number of hydrogen-bond donors (Lipinski definition) is 1. The van der Waals surface area contributed by atoms with Crippen LogP contribution in [0.5, 0.6) is 5.75 Å². The summed E-state index contributed by atoms with van der Waals surface area (Å²) < 4.78 is 44.9. The van der Waals surface area contributed by atoms with Gasteiger partial charge in [-0.1, -0.05) is 12.1 Å². The minimum atomic E-state index is -4.30. The summed E-state index contributed by atoms with van der Waals surface area (Å²) >= 11 is -0.140. The number of benzene rings is 3. The van der Waals surface area contributed by atoms with E-state index in [0.29, 0.717) is 16.8 Å². The number of ether oxygens (including phenoxy) is 1. The topological polar surface area (TPSA) is 56.2 Å². The van der Waals surface area contributed by atoms with E-state index in [1.165, 1.54) is 12.1 Å². The van der Waals surface area contributed by atoms with Gasteiger partial charge in [0.05, 0.1) is 11.0 Å². The molecule has 0 saturated heterocycles. The molecule has 0 aliphatic rings. The molecule has 0 atom stereocenters. The lowest BCUT2D eigenvalue weighted by atomic mass is 10.2. The van der Waals surface area contributed by atoms with Crippen molar-refractivity contribution in [3.05, 3.63) is 84.2 Å². The van der Waals surface area contributed by atoms with Crippen LogP contribution in [0.4, 0.5) is 13.2 Å². The molecule has 0 aliphatic carbocycles. The van der Waals surface area contributed by atoms with Crippen molar-refractivity contribution in [2.45, 2.75) is 17.0 Å². The first-order valence-electron chi connectivity index (χ1n) is 9.59. The highest BCUT2D eigenvalue weighted by Crippen LogP contribution is 2.36. The van der Waals surface area contributed by atoms with Gasteiger partial charge in [0.1, 0.15) is 18.7 Å². The zero-order chi connectivity index (χ0) is 22.7. The Balaban J connectivity index is 1.43. The summed E-state index contributed by atoms with van der Waals surface area (Å²) in [5.41, 5.74) is -0.540. The molecule has 164 valence electrons. The van der Waals surface area contributed by atoms with Crippen molar-refractivity contribution in [3.63, 3.8) is 0 Å². The summed E-state index contributed by atoms with van der Waals surface area (Å²) in [6, 6.07) is 18.8. The maximum Gasteiger partial charge on any atom is 0.446 e. The Morgan fingerprint density at radius 2 is 1.78 bits per heavy atom. The molecule has 32 heavy (non-hydrogen) atoms. The number of rotatable bonds is 6. The first-order chi connectivity index (χ1) is 15.3. The first kappa shape index (κ1) is 21.8. The zero-order valence-electron chi connectivity index (χ0n) is 16.9. The normalized spacial score (nSPS) is 11.5. The SMILES string of the molecule is CNC(=O)c1ccc2c(c1)ncn2-c1ccc(OCc2ccc(SC(F)(F)F)cc2)cc1. The van der Waals surface area contributed by atoms with Crippen LogP contribution in [0.3, 0.4) is 0 Å². The number of nitrogens with one attached hydrogen (secondary N) is 1. The smallest absolute Gasteiger partial charge is 0.446 e. The van der Waals surface area contributed by atoms with E-state index in [-0.39, 0.29) is 29.2 Å². The molecule has 4 rings (SSSR count). The number of nitrogens with zero attached hydrogens (tertiary/aromatic N) is 2. The molecular formula is C23H18F3N3O2S. The predicted octanol–water partition coefficient (Wildman–Crippen LogP) is 5.58. The second-order valence-corrected chi connectivity index (χ2v) is 8.01. The number of carbonyl (C=O) groups is 1. The Morgan fingerprint density at radius 1 is 1.06 bits per heavy atom.